The van der Waals surface area contributed by atoms with Gasteiger partial charge < -0.3 is 11.1 Å². The number of carbonyl (C=O) groups excluding carboxylic acids is 1. The number of carbonyl (C=O) groups is 1. The van der Waals surface area contributed by atoms with E-state index in [0.29, 0.717) is 28.8 Å². The standard InChI is InChI=1S/C10H14BrN3O2S/c1-17(16)4-2-3-13-10(15)8-5-7(11)6-14-9(8)12/h5-6H,2-4H2,1H3,(H2,12,14)(H,13,15). The molecule has 5 nitrogen and oxygen atoms in total. The van der Waals surface area contributed by atoms with Crippen LogP contribution in [0.4, 0.5) is 5.82 Å². The molecule has 94 valence electrons. The van der Waals surface area contributed by atoms with E-state index in [-0.39, 0.29) is 11.7 Å². The molecule has 0 radical (unpaired) electrons. The molecule has 1 atom stereocenters. The van der Waals surface area contributed by atoms with Crippen molar-refractivity contribution >= 4 is 38.5 Å². The molecule has 1 unspecified atom stereocenters. The molecular formula is C10H14BrN3O2S. The summed E-state index contributed by atoms with van der Waals surface area (Å²) >= 11 is 3.23. The van der Waals surface area contributed by atoms with Gasteiger partial charge in [0.15, 0.2) is 0 Å². The molecular weight excluding hydrogens is 306 g/mol. The Morgan fingerprint density at radius 2 is 2.35 bits per heavy atom. The van der Waals surface area contributed by atoms with Crippen molar-refractivity contribution in [3.05, 3.63) is 22.3 Å². The molecule has 0 aliphatic rings. The molecule has 0 spiro atoms. The number of rotatable bonds is 5. The maximum Gasteiger partial charge on any atom is 0.255 e. The lowest BCUT2D eigenvalue weighted by molar-refractivity contribution is 0.0954. The Kier molecular flexibility index (Phi) is 5.57. The number of nitrogens with zero attached hydrogens (tertiary/aromatic N) is 1. The fraction of sp³-hybridized carbons (Fsp3) is 0.400. The number of amides is 1. The molecule has 1 aromatic rings. The highest BCUT2D eigenvalue weighted by Crippen LogP contribution is 2.15. The van der Waals surface area contributed by atoms with Crippen molar-refractivity contribution in [1.29, 1.82) is 0 Å². The fourth-order valence-electron chi connectivity index (χ4n) is 1.20. The van der Waals surface area contributed by atoms with Crippen LogP contribution in [0.3, 0.4) is 0 Å². The van der Waals surface area contributed by atoms with Gasteiger partial charge in [0.05, 0.1) is 5.56 Å². The van der Waals surface area contributed by atoms with Crippen LogP contribution < -0.4 is 11.1 Å². The molecule has 0 saturated carbocycles. The van der Waals surface area contributed by atoms with Gasteiger partial charge in [-0.25, -0.2) is 4.98 Å². The Morgan fingerprint density at radius 3 is 3.00 bits per heavy atom. The van der Waals surface area contributed by atoms with Gasteiger partial charge in [0.25, 0.3) is 5.91 Å². The molecule has 1 rings (SSSR count). The van der Waals surface area contributed by atoms with Crippen LogP contribution in [-0.4, -0.2) is 33.7 Å². The monoisotopic (exact) mass is 319 g/mol. The fourth-order valence-corrected chi connectivity index (χ4v) is 2.09. The molecule has 0 saturated heterocycles. The van der Waals surface area contributed by atoms with Gasteiger partial charge in [-0.2, -0.15) is 0 Å². The third kappa shape index (κ3) is 4.82. The van der Waals surface area contributed by atoms with Gasteiger partial charge >= 0.3 is 0 Å². The molecule has 3 N–H and O–H groups in total. The predicted molar refractivity (Wildman–Crippen MR) is 72.2 cm³/mol. The van der Waals surface area contributed by atoms with Crippen molar-refractivity contribution < 1.29 is 9.00 Å². The van der Waals surface area contributed by atoms with Crippen LogP contribution in [0.2, 0.25) is 0 Å². The van der Waals surface area contributed by atoms with Gasteiger partial charge in [0.1, 0.15) is 5.82 Å². The Labute approximate surface area is 111 Å². The maximum absolute atomic E-state index is 11.7. The summed E-state index contributed by atoms with van der Waals surface area (Å²) in [6.45, 7) is 0.477. The number of nitrogen functional groups attached to an aromatic ring is 1. The van der Waals surface area contributed by atoms with Crippen LogP contribution >= 0.6 is 15.9 Å². The zero-order valence-electron chi connectivity index (χ0n) is 9.40. The molecule has 1 amide bonds. The van der Waals surface area contributed by atoms with Crippen LogP contribution in [0.5, 0.6) is 0 Å². The van der Waals surface area contributed by atoms with Gasteiger partial charge in [0.2, 0.25) is 0 Å². The average molecular weight is 320 g/mol. The lowest BCUT2D eigenvalue weighted by atomic mass is 10.2. The van der Waals surface area contributed by atoms with Crippen LogP contribution in [-0.2, 0) is 10.8 Å². The number of halogens is 1. The minimum Gasteiger partial charge on any atom is -0.383 e. The number of nitrogens with one attached hydrogen (secondary N) is 1. The number of hydrogen-bond acceptors (Lipinski definition) is 4. The first-order valence-electron chi connectivity index (χ1n) is 5.00. The highest BCUT2D eigenvalue weighted by Gasteiger charge is 2.10. The number of nitrogens with two attached hydrogens (primary N) is 1. The van der Waals surface area contributed by atoms with Gasteiger partial charge in [-0.1, -0.05) is 0 Å². The Hall–Kier alpha value is -0.950. The summed E-state index contributed by atoms with van der Waals surface area (Å²) in [4.78, 5) is 15.6. The van der Waals surface area contributed by atoms with E-state index in [2.05, 4.69) is 26.2 Å². The molecule has 7 heteroatoms. The van der Waals surface area contributed by atoms with Gasteiger partial charge in [-0.15, -0.1) is 0 Å². The van der Waals surface area contributed by atoms with E-state index < -0.39 is 10.8 Å². The molecule has 1 aromatic heterocycles. The predicted octanol–water partition coefficient (Wildman–Crippen LogP) is 0.925. The molecule has 17 heavy (non-hydrogen) atoms. The summed E-state index contributed by atoms with van der Waals surface area (Å²) in [5.74, 6) is 0.509. The quantitative estimate of drug-likeness (QED) is 0.790. The number of pyridine rings is 1. The molecule has 0 aliphatic carbocycles. The molecule has 0 bridgehead atoms. The molecule has 1 heterocycles. The Balaban J connectivity index is 2.52. The van der Waals surface area contributed by atoms with E-state index in [1.54, 1.807) is 12.3 Å². The van der Waals surface area contributed by atoms with Crippen LogP contribution in [0.15, 0.2) is 16.7 Å². The minimum absolute atomic E-state index is 0.199. The topological polar surface area (TPSA) is 85.1 Å². The van der Waals surface area contributed by atoms with Crippen molar-refractivity contribution in [3.8, 4) is 0 Å². The number of hydrogen-bond donors (Lipinski definition) is 2. The van der Waals surface area contributed by atoms with Crippen molar-refractivity contribution in [2.45, 2.75) is 6.42 Å². The van der Waals surface area contributed by atoms with E-state index >= 15 is 0 Å². The summed E-state index contributed by atoms with van der Waals surface area (Å²) in [7, 11) is -0.829. The first kappa shape index (κ1) is 14.1. The third-order valence-corrected chi connectivity index (χ3v) is 3.32. The second kappa shape index (κ2) is 6.70. The van der Waals surface area contributed by atoms with Crippen LogP contribution in [0.25, 0.3) is 0 Å². The second-order valence-electron chi connectivity index (χ2n) is 3.47. The highest BCUT2D eigenvalue weighted by molar-refractivity contribution is 9.10. The normalized spacial score (nSPS) is 12.1. The van der Waals surface area contributed by atoms with Crippen molar-refractivity contribution in [1.82, 2.24) is 10.3 Å². The SMILES string of the molecule is CS(=O)CCCNC(=O)c1cc(Br)cnc1N. The average Bonchev–Trinajstić information content (AvgIpc) is 2.27. The number of anilines is 1. The Morgan fingerprint density at radius 1 is 1.65 bits per heavy atom. The zero-order valence-corrected chi connectivity index (χ0v) is 11.8. The summed E-state index contributed by atoms with van der Waals surface area (Å²) in [6, 6.07) is 1.62. The van der Waals surface area contributed by atoms with E-state index in [9.17, 15) is 9.00 Å². The summed E-state index contributed by atoms with van der Waals surface area (Å²) in [5, 5.41) is 2.71. The Bertz CT molecular complexity index is 440. The van der Waals surface area contributed by atoms with Crippen molar-refractivity contribution in [2.24, 2.45) is 0 Å². The van der Waals surface area contributed by atoms with Crippen molar-refractivity contribution in [2.75, 3.05) is 24.3 Å². The van der Waals surface area contributed by atoms with E-state index in [4.69, 9.17) is 5.73 Å². The maximum atomic E-state index is 11.7. The van der Waals surface area contributed by atoms with E-state index in [1.807, 2.05) is 0 Å². The zero-order chi connectivity index (χ0) is 12.8. The van der Waals surface area contributed by atoms with Crippen LogP contribution in [0.1, 0.15) is 16.8 Å². The van der Waals surface area contributed by atoms with Crippen LogP contribution in [0, 0.1) is 0 Å². The summed E-state index contributed by atoms with van der Waals surface area (Å²) in [6.07, 6.45) is 3.85. The molecule has 0 fully saturated rings. The molecule has 0 aliphatic heterocycles. The lowest BCUT2D eigenvalue weighted by Crippen LogP contribution is -2.26. The molecule has 0 aromatic carbocycles. The number of aromatic nitrogens is 1. The van der Waals surface area contributed by atoms with Gasteiger partial charge in [-0.3, -0.25) is 9.00 Å². The van der Waals surface area contributed by atoms with Crippen molar-refractivity contribution in [3.63, 3.8) is 0 Å². The smallest absolute Gasteiger partial charge is 0.255 e. The first-order chi connectivity index (χ1) is 8.00. The minimum atomic E-state index is -0.829. The highest BCUT2D eigenvalue weighted by atomic mass is 79.9. The lowest BCUT2D eigenvalue weighted by Gasteiger charge is -2.06. The van der Waals surface area contributed by atoms with E-state index in [0.717, 1.165) is 0 Å². The summed E-state index contributed by atoms with van der Waals surface area (Å²) in [5.41, 5.74) is 5.95. The summed E-state index contributed by atoms with van der Waals surface area (Å²) < 4.78 is 11.5. The van der Waals surface area contributed by atoms with Gasteiger partial charge in [0, 0.05) is 40.0 Å². The van der Waals surface area contributed by atoms with Gasteiger partial charge in [-0.05, 0) is 28.4 Å². The second-order valence-corrected chi connectivity index (χ2v) is 5.94. The third-order valence-electron chi connectivity index (χ3n) is 2.02. The first-order valence-corrected chi connectivity index (χ1v) is 7.52. The largest absolute Gasteiger partial charge is 0.383 e. The van der Waals surface area contributed by atoms with E-state index in [1.165, 1.54) is 6.20 Å².